The SMILES string of the molecule is COC1CCC(C(=O)N2Cc3cccnc3Nc3ccc(N4CC[C@@H](OC)C4)cc32)CC1. The van der Waals surface area contributed by atoms with Crippen molar-refractivity contribution in [3.8, 4) is 0 Å². The molecule has 7 nitrogen and oxygen atoms in total. The minimum Gasteiger partial charge on any atom is -0.381 e. The van der Waals surface area contributed by atoms with Gasteiger partial charge in [0.1, 0.15) is 5.82 Å². The van der Waals surface area contributed by atoms with Gasteiger partial charge in [-0.1, -0.05) is 6.07 Å². The van der Waals surface area contributed by atoms with Gasteiger partial charge >= 0.3 is 0 Å². The maximum Gasteiger partial charge on any atom is 0.230 e. The van der Waals surface area contributed by atoms with Crippen molar-refractivity contribution in [2.75, 3.05) is 42.4 Å². The van der Waals surface area contributed by atoms with E-state index >= 15 is 0 Å². The van der Waals surface area contributed by atoms with E-state index in [9.17, 15) is 4.79 Å². The number of hydrogen-bond acceptors (Lipinski definition) is 6. The van der Waals surface area contributed by atoms with Gasteiger partial charge in [0.15, 0.2) is 0 Å². The van der Waals surface area contributed by atoms with E-state index in [0.29, 0.717) is 6.54 Å². The summed E-state index contributed by atoms with van der Waals surface area (Å²) in [7, 11) is 3.54. The molecule has 0 radical (unpaired) electrons. The lowest BCUT2D eigenvalue weighted by molar-refractivity contribution is -0.124. The molecule has 1 amide bonds. The molecule has 0 unspecified atom stereocenters. The smallest absolute Gasteiger partial charge is 0.230 e. The lowest BCUT2D eigenvalue weighted by atomic mass is 9.86. The monoisotopic (exact) mass is 436 g/mol. The summed E-state index contributed by atoms with van der Waals surface area (Å²) in [4.78, 5) is 22.7. The first-order chi connectivity index (χ1) is 15.7. The second-order valence-corrected chi connectivity index (χ2v) is 9.06. The third-order valence-electron chi connectivity index (χ3n) is 7.21. The van der Waals surface area contributed by atoms with Gasteiger partial charge in [-0.2, -0.15) is 0 Å². The van der Waals surface area contributed by atoms with Crippen molar-refractivity contribution in [3.63, 3.8) is 0 Å². The van der Waals surface area contributed by atoms with Crippen molar-refractivity contribution in [1.82, 2.24) is 4.98 Å². The van der Waals surface area contributed by atoms with E-state index in [-0.39, 0.29) is 24.0 Å². The first-order valence-corrected chi connectivity index (χ1v) is 11.6. The standard InChI is InChI=1S/C25H32N4O3/c1-31-20-8-5-17(6-9-20)25(30)29-15-18-4-3-12-26-24(18)27-22-10-7-19(14-23(22)29)28-13-11-21(16-28)32-2/h3-4,7,10,12,14,17,20-21H,5-6,8-9,11,13,15-16H2,1-2H3,(H,26,27)/t17?,20?,21-/m1/s1. The third kappa shape index (κ3) is 4.07. The molecule has 0 spiro atoms. The fourth-order valence-electron chi connectivity index (χ4n) is 5.23. The molecule has 1 atom stereocenters. The van der Waals surface area contributed by atoms with E-state index in [1.54, 1.807) is 20.4 Å². The molecule has 170 valence electrons. The summed E-state index contributed by atoms with van der Waals surface area (Å²) in [6, 6.07) is 10.4. The number of nitrogens with zero attached hydrogens (tertiary/aromatic N) is 3. The highest BCUT2D eigenvalue weighted by molar-refractivity contribution is 6.00. The average Bonchev–Trinajstić information content (AvgIpc) is 3.26. The van der Waals surface area contributed by atoms with Gasteiger partial charge in [-0.25, -0.2) is 4.98 Å². The molecule has 2 aromatic rings. The zero-order valence-electron chi connectivity index (χ0n) is 18.9. The number of pyridine rings is 1. The highest BCUT2D eigenvalue weighted by Gasteiger charge is 2.33. The Hall–Kier alpha value is -2.64. The predicted octanol–water partition coefficient (Wildman–Crippen LogP) is 4.10. The van der Waals surface area contributed by atoms with Crippen LogP contribution in [-0.2, 0) is 20.8 Å². The highest BCUT2D eigenvalue weighted by atomic mass is 16.5. The third-order valence-corrected chi connectivity index (χ3v) is 7.21. The van der Waals surface area contributed by atoms with Crippen molar-refractivity contribution in [2.24, 2.45) is 5.92 Å². The van der Waals surface area contributed by atoms with Crippen LogP contribution in [0.3, 0.4) is 0 Å². The van der Waals surface area contributed by atoms with Crippen LogP contribution in [0.1, 0.15) is 37.7 Å². The van der Waals surface area contributed by atoms with Crippen LogP contribution in [0, 0.1) is 5.92 Å². The summed E-state index contributed by atoms with van der Waals surface area (Å²) in [5.74, 6) is 1.05. The topological polar surface area (TPSA) is 66.9 Å². The molecule has 32 heavy (non-hydrogen) atoms. The molecule has 3 aliphatic rings. The molecule has 1 aliphatic carbocycles. The number of fused-ring (bicyclic) bond motifs is 2. The molecular weight excluding hydrogens is 404 g/mol. The lowest BCUT2D eigenvalue weighted by Crippen LogP contribution is -2.38. The van der Waals surface area contributed by atoms with Crippen LogP contribution in [0.5, 0.6) is 0 Å². The molecular formula is C25H32N4O3. The molecule has 2 fully saturated rings. The zero-order valence-corrected chi connectivity index (χ0v) is 18.9. The van der Waals surface area contributed by atoms with Gasteiger partial charge in [-0.3, -0.25) is 4.79 Å². The van der Waals surface area contributed by atoms with E-state index in [0.717, 1.165) is 73.6 Å². The molecule has 1 aromatic carbocycles. The number of methoxy groups -OCH3 is 2. The van der Waals surface area contributed by atoms with Crippen molar-refractivity contribution < 1.29 is 14.3 Å². The number of amides is 1. The molecule has 3 heterocycles. The molecule has 1 N–H and O–H groups in total. The maximum absolute atomic E-state index is 13.8. The molecule has 0 bridgehead atoms. The summed E-state index contributed by atoms with van der Waals surface area (Å²) >= 11 is 0. The van der Waals surface area contributed by atoms with Gasteiger partial charge < -0.3 is 24.6 Å². The average molecular weight is 437 g/mol. The van der Waals surface area contributed by atoms with Crippen LogP contribution in [0.4, 0.5) is 22.9 Å². The first kappa shape index (κ1) is 21.2. The van der Waals surface area contributed by atoms with Crippen molar-refractivity contribution in [3.05, 3.63) is 42.1 Å². The van der Waals surface area contributed by atoms with Gasteiger partial charge in [0.05, 0.1) is 30.1 Å². The fourth-order valence-corrected chi connectivity index (χ4v) is 5.23. The first-order valence-electron chi connectivity index (χ1n) is 11.6. The van der Waals surface area contributed by atoms with E-state index in [2.05, 4.69) is 33.4 Å². The molecule has 2 aliphatic heterocycles. The van der Waals surface area contributed by atoms with Crippen LogP contribution < -0.4 is 15.1 Å². The Bertz CT molecular complexity index is 973. The quantitative estimate of drug-likeness (QED) is 0.778. The molecule has 1 aromatic heterocycles. The number of hydrogen-bond donors (Lipinski definition) is 1. The molecule has 5 rings (SSSR count). The normalized spacial score (nSPS) is 25.0. The number of benzene rings is 1. The van der Waals surface area contributed by atoms with E-state index < -0.39 is 0 Å². The molecule has 1 saturated heterocycles. The summed E-state index contributed by atoms with van der Waals surface area (Å²) in [5, 5.41) is 3.48. The van der Waals surface area contributed by atoms with Gasteiger partial charge in [0.25, 0.3) is 0 Å². The zero-order chi connectivity index (χ0) is 22.1. The summed E-state index contributed by atoms with van der Waals surface area (Å²) < 4.78 is 11.1. The molecule has 1 saturated carbocycles. The van der Waals surface area contributed by atoms with Gasteiger partial charge in [-0.15, -0.1) is 0 Å². The highest BCUT2D eigenvalue weighted by Crippen LogP contribution is 2.40. The Balaban J connectivity index is 1.48. The van der Waals surface area contributed by atoms with Crippen LogP contribution in [0.2, 0.25) is 0 Å². The van der Waals surface area contributed by atoms with Crippen LogP contribution in [-0.4, -0.2) is 50.4 Å². The van der Waals surface area contributed by atoms with Gasteiger partial charge in [0.2, 0.25) is 5.91 Å². The van der Waals surface area contributed by atoms with Crippen molar-refractivity contribution in [1.29, 1.82) is 0 Å². The number of carbonyl (C=O) groups is 1. The fraction of sp³-hybridized carbons (Fsp3) is 0.520. The number of carbonyl (C=O) groups excluding carboxylic acids is 1. The number of aromatic nitrogens is 1. The second-order valence-electron chi connectivity index (χ2n) is 9.06. The summed E-state index contributed by atoms with van der Waals surface area (Å²) in [6.45, 7) is 2.36. The number of anilines is 4. The Morgan fingerprint density at radius 2 is 1.88 bits per heavy atom. The number of rotatable bonds is 4. The number of ether oxygens (including phenoxy) is 2. The Labute approximate surface area is 189 Å². The minimum atomic E-state index is 0.0285. The van der Waals surface area contributed by atoms with Gasteiger partial charge in [-0.05, 0) is 56.4 Å². The Morgan fingerprint density at radius 3 is 2.62 bits per heavy atom. The van der Waals surface area contributed by atoms with Crippen LogP contribution in [0.15, 0.2) is 36.5 Å². The van der Waals surface area contributed by atoms with E-state index in [4.69, 9.17) is 9.47 Å². The number of nitrogens with one attached hydrogen (secondary N) is 1. The minimum absolute atomic E-state index is 0.0285. The Kier molecular flexibility index (Phi) is 6.02. The summed E-state index contributed by atoms with van der Waals surface area (Å²) in [6.07, 6.45) is 6.97. The largest absolute Gasteiger partial charge is 0.381 e. The predicted molar refractivity (Wildman–Crippen MR) is 126 cm³/mol. The second kappa shape index (κ2) is 9.08. The van der Waals surface area contributed by atoms with Crippen LogP contribution in [0.25, 0.3) is 0 Å². The Morgan fingerprint density at radius 1 is 1.06 bits per heavy atom. The van der Waals surface area contributed by atoms with Crippen molar-refractivity contribution in [2.45, 2.75) is 50.9 Å². The lowest BCUT2D eigenvalue weighted by Gasteiger charge is -2.32. The summed E-state index contributed by atoms with van der Waals surface area (Å²) in [5.41, 5.74) is 4.02. The maximum atomic E-state index is 13.8. The van der Waals surface area contributed by atoms with E-state index in [1.807, 2.05) is 17.0 Å². The van der Waals surface area contributed by atoms with E-state index in [1.165, 1.54) is 0 Å². The van der Waals surface area contributed by atoms with Gasteiger partial charge in [0, 0.05) is 50.7 Å². The van der Waals surface area contributed by atoms with Crippen molar-refractivity contribution >= 4 is 28.8 Å². The van der Waals surface area contributed by atoms with Crippen LogP contribution >= 0.6 is 0 Å². The molecule has 7 heteroatoms.